The number of anilines is 1. The van der Waals surface area contributed by atoms with Crippen molar-refractivity contribution in [1.29, 1.82) is 0 Å². The number of benzene rings is 2. The quantitative estimate of drug-likeness (QED) is 0.247. The summed E-state index contributed by atoms with van der Waals surface area (Å²) in [5, 5.41) is 3.69. The van der Waals surface area contributed by atoms with Gasteiger partial charge in [0.15, 0.2) is 5.16 Å². The van der Waals surface area contributed by atoms with Crippen LogP contribution >= 0.6 is 23.4 Å². The molecule has 1 aliphatic heterocycles. The van der Waals surface area contributed by atoms with Gasteiger partial charge in [-0.25, -0.2) is 9.97 Å². The summed E-state index contributed by atoms with van der Waals surface area (Å²) in [6, 6.07) is 19.4. The van der Waals surface area contributed by atoms with Crippen LogP contribution in [0.3, 0.4) is 0 Å². The average Bonchev–Trinajstić information content (AvgIpc) is 2.90. The maximum Gasteiger partial charge on any atom is 0.254 e. The number of nitrogens with one attached hydrogen (secondary N) is 1. The van der Waals surface area contributed by atoms with Crippen molar-refractivity contribution in [3.05, 3.63) is 82.5 Å². The van der Waals surface area contributed by atoms with Crippen molar-refractivity contribution < 1.29 is 9.59 Å². The molecule has 2 heterocycles. The van der Waals surface area contributed by atoms with Crippen molar-refractivity contribution >= 4 is 41.0 Å². The van der Waals surface area contributed by atoms with Crippen LogP contribution in [0.1, 0.15) is 49.2 Å². The molecule has 3 aromatic rings. The van der Waals surface area contributed by atoms with Gasteiger partial charge in [0, 0.05) is 43.9 Å². The lowest BCUT2D eigenvalue weighted by molar-refractivity contribution is -0.118. The number of aromatic nitrogens is 2. The number of hydrogen-bond acceptors (Lipinski definition) is 6. The molecule has 1 unspecified atom stereocenters. The molecule has 0 saturated carbocycles. The van der Waals surface area contributed by atoms with Gasteiger partial charge in [0.2, 0.25) is 5.91 Å². The van der Waals surface area contributed by atoms with Gasteiger partial charge in [-0.05, 0) is 35.6 Å². The third-order valence-corrected chi connectivity index (χ3v) is 7.58. The summed E-state index contributed by atoms with van der Waals surface area (Å²) in [6.45, 7) is 10.8. The highest BCUT2D eigenvalue weighted by atomic mass is 35.5. The first-order valence-corrected chi connectivity index (χ1v) is 14.1. The molecular formula is C29H34ClN5O2S. The first-order chi connectivity index (χ1) is 18.1. The maximum atomic E-state index is 13.2. The normalized spacial score (nSPS) is 15.9. The third kappa shape index (κ3) is 7.26. The average molecular weight is 552 g/mol. The molecule has 1 aliphatic rings. The van der Waals surface area contributed by atoms with Crippen molar-refractivity contribution in [2.75, 3.05) is 30.3 Å². The predicted octanol–water partition coefficient (Wildman–Crippen LogP) is 5.19. The van der Waals surface area contributed by atoms with E-state index in [-0.39, 0.29) is 29.0 Å². The minimum atomic E-state index is -0.0970. The first kappa shape index (κ1) is 27.9. The van der Waals surface area contributed by atoms with Gasteiger partial charge in [0.25, 0.3) is 5.91 Å². The van der Waals surface area contributed by atoms with Crippen molar-refractivity contribution in [3.63, 3.8) is 0 Å². The number of piperazine rings is 1. The molecule has 0 aliphatic carbocycles. The molecule has 9 heteroatoms. The molecule has 200 valence electrons. The molecule has 2 aromatic carbocycles. The number of nitrogens with zero attached hydrogens (tertiary/aromatic N) is 4. The first-order valence-electron chi connectivity index (χ1n) is 12.7. The fourth-order valence-electron chi connectivity index (χ4n) is 4.34. The Morgan fingerprint density at radius 1 is 1.05 bits per heavy atom. The largest absolute Gasteiger partial charge is 0.353 e. The molecule has 1 saturated heterocycles. The van der Waals surface area contributed by atoms with Crippen LogP contribution in [-0.2, 0) is 16.8 Å². The van der Waals surface area contributed by atoms with E-state index in [0.29, 0.717) is 47.9 Å². The standard InChI is InChI=1S/C29H34ClN5O2S/c1-20-18-34(14-15-35(20)27(37)22-10-12-23(13-11-22)29(2,3)4)25-16-24(30)32-28(33-25)38-19-26(36)31-17-21-8-6-5-7-9-21/h5-13,16,20H,14-15,17-19H2,1-4H3,(H,31,36). The molecular weight excluding hydrogens is 518 g/mol. The van der Waals surface area contributed by atoms with Crippen molar-refractivity contribution in [2.45, 2.75) is 50.9 Å². The Kier molecular flexibility index (Phi) is 8.95. The Balaban J connectivity index is 1.34. The van der Waals surface area contributed by atoms with Crippen LogP contribution in [0, 0.1) is 0 Å². The van der Waals surface area contributed by atoms with Gasteiger partial charge >= 0.3 is 0 Å². The molecule has 1 N–H and O–H groups in total. The van der Waals surface area contributed by atoms with E-state index in [0.717, 1.165) is 5.56 Å². The molecule has 0 bridgehead atoms. The topological polar surface area (TPSA) is 78.4 Å². The predicted molar refractivity (Wildman–Crippen MR) is 154 cm³/mol. The Morgan fingerprint density at radius 2 is 1.76 bits per heavy atom. The van der Waals surface area contributed by atoms with Crippen molar-refractivity contribution in [2.24, 2.45) is 0 Å². The van der Waals surface area contributed by atoms with Gasteiger partial charge in [-0.3, -0.25) is 9.59 Å². The van der Waals surface area contributed by atoms with E-state index in [1.165, 1.54) is 17.3 Å². The summed E-state index contributed by atoms with van der Waals surface area (Å²) < 4.78 is 0. The lowest BCUT2D eigenvalue weighted by Crippen LogP contribution is -2.54. The number of thioether (sulfide) groups is 1. The number of rotatable bonds is 7. The molecule has 2 amide bonds. The molecule has 38 heavy (non-hydrogen) atoms. The van der Waals surface area contributed by atoms with Crippen LogP contribution in [0.5, 0.6) is 0 Å². The van der Waals surface area contributed by atoms with E-state index in [1.807, 2.05) is 66.4 Å². The molecule has 4 rings (SSSR count). The van der Waals surface area contributed by atoms with Crippen LogP contribution in [0.4, 0.5) is 5.82 Å². The molecule has 0 radical (unpaired) electrons. The third-order valence-electron chi connectivity index (χ3n) is 6.54. The van der Waals surface area contributed by atoms with Gasteiger partial charge in [-0.2, -0.15) is 0 Å². The highest BCUT2D eigenvalue weighted by molar-refractivity contribution is 7.99. The van der Waals surface area contributed by atoms with Gasteiger partial charge in [-0.15, -0.1) is 0 Å². The highest BCUT2D eigenvalue weighted by Gasteiger charge is 2.29. The second kappa shape index (κ2) is 12.2. The van der Waals surface area contributed by atoms with Crippen LogP contribution in [0.2, 0.25) is 5.15 Å². The zero-order chi connectivity index (χ0) is 27.3. The fourth-order valence-corrected chi connectivity index (χ4v) is 5.25. The number of carbonyl (C=O) groups excluding carboxylic acids is 2. The van der Waals surface area contributed by atoms with Crippen molar-refractivity contribution in [1.82, 2.24) is 20.2 Å². The second-order valence-corrected chi connectivity index (χ2v) is 11.8. The maximum absolute atomic E-state index is 13.2. The summed E-state index contributed by atoms with van der Waals surface area (Å²) >= 11 is 7.56. The zero-order valence-electron chi connectivity index (χ0n) is 22.3. The summed E-state index contributed by atoms with van der Waals surface area (Å²) in [5.41, 5.74) is 2.99. The van der Waals surface area contributed by atoms with E-state index in [1.54, 1.807) is 6.07 Å². The van der Waals surface area contributed by atoms with E-state index in [9.17, 15) is 9.59 Å². The van der Waals surface area contributed by atoms with Crippen LogP contribution in [0.15, 0.2) is 65.8 Å². The van der Waals surface area contributed by atoms with E-state index in [2.05, 4.69) is 41.0 Å². The summed E-state index contributed by atoms with van der Waals surface area (Å²) in [4.78, 5) is 38.5. The SMILES string of the molecule is CC1CN(c2cc(Cl)nc(SCC(=O)NCc3ccccc3)n2)CCN1C(=O)c1ccc(C(C)(C)C)cc1. The van der Waals surface area contributed by atoms with E-state index in [4.69, 9.17) is 11.6 Å². The number of carbonyl (C=O) groups is 2. The number of hydrogen-bond donors (Lipinski definition) is 1. The van der Waals surface area contributed by atoms with Crippen LogP contribution in [-0.4, -0.2) is 58.1 Å². The number of halogens is 1. The van der Waals surface area contributed by atoms with Crippen LogP contribution in [0.25, 0.3) is 0 Å². The monoisotopic (exact) mass is 551 g/mol. The number of amides is 2. The van der Waals surface area contributed by atoms with E-state index >= 15 is 0 Å². The second-order valence-electron chi connectivity index (χ2n) is 10.5. The van der Waals surface area contributed by atoms with Gasteiger partial charge in [0.1, 0.15) is 11.0 Å². The lowest BCUT2D eigenvalue weighted by atomic mass is 9.86. The fraction of sp³-hybridized carbons (Fsp3) is 0.379. The Hall–Kier alpha value is -3.10. The van der Waals surface area contributed by atoms with E-state index < -0.39 is 0 Å². The molecule has 1 aromatic heterocycles. The Labute approximate surface area is 234 Å². The Morgan fingerprint density at radius 3 is 2.42 bits per heavy atom. The van der Waals surface area contributed by atoms with Gasteiger partial charge in [-0.1, -0.05) is 86.6 Å². The smallest absolute Gasteiger partial charge is 0.254 e. The van der Waals surface area contributed by atoms with Gasteiger partial charge in [0.05, 0.1) is 5.75 Å². The molecule has 7 nitrogen and oxygen atoms in total. The highest BCUT2D eigenvalue weighted by Crippen LogP contribution is 2.26. The Bertz CT molecular complexity index is 1260. The van der Waals surface area contributed by atoms with Crippen molar-refractivity contribution in [3.8, 4) is 0 Å². The summed E-state index contributed by atoms with van der Waals surface area (Å²) in [7, 11) is 0. The molecule has 1 atom stereocenters. The zero-order valence-corrected chi connectivity index (χ0v) is 23.9. The summed E-state index contributed by atoms with van der Waals surface area (Å²) in [6.07, 6.45) is 0. The van der Waals surface area contributed by atoms with Crippen LogP contribution < -0.4 is 10.2 Å². The minimum absolute atomic E-state index is 0.00727. The molecule has 0 spiro atoms. The molecule has 1 fully saturated rings. The van der Waals surface area contributed by atoms with Gasteiger partial charge < -0.3 is 15.1 Å². The summed E-state index contributed by atoms with van der Waals surface area (Å²) in [5.74, 6) is 0.835. The minimum Gasteiger partial charge on any atom is -0.353 e. The lowest BCUT2D eigenvalue weighted by Gasteiger charge is -2.40.